The molecule has 0 radical (unpaired) electrons. The first-order valence-electron chi connectivity index (χ1n) is 10.8. The van der Waals surface area contributed by atoms with Crippen molar-refractivity contribution in [2.45, 2.75) is 21.6 Å². The Hall–Kier alpha value is -0.867. The molecule has 0 nitrogen and oxygen atoms in total. The molecule has 0 spiro atoms. The van der Waals surface area contributed by atoms with E-state index in [1.807, 2.05) is 17.8 Å². The molecular weight excluding hydrogens is 714 g/mol. The third-order valence-corrected chi connectivity index (χ3v) is 8.66. The largest absolute Gasteiger partial charge is 4.00 e. The average Bonchev–Trinajstić information content (AvgIpc) is 3.49. The molecule has 2 unspecified atom stereocenters. The Balaban J connectivity index is 0.000000185. The fourth-order valence-electron chi connectivity index (χ4n) is 4.67. The van der Waals surface area contributed by atoms with E-state index >= 15 is 0 Å². The van der Waals surface area contributed by atoms with Crippen molar-refractivity contribution in [2.75, 3.05) is 0 Å². The van der Waals surface area contributed by atoms with E-state index in [1.165, 1.54) is 52.1 Å². The van der Waals surface area contributed by atoms with Crippen molar-refractivity contribution in [3.63, 3.8) is 0 Å². The summed E-state index contributed by atoms with van der Waals surface area (Å²) in [7, 11) is 0. The molecule has 3 aliphatic rings. The molecule has 4 aromatic rings. The third kappa shape index (κ3) is 5.60. The van der Waals surface area contributed by atoms with Gasteiger partial charge in [0.25, 0.3) is 0 Å². The summed E-state index contributed by atoms with van der Waals surface area (Å²) in [5, 5.41) is 0. The first kappa shape index (κ1) is 29.7. The van der Waals surface area contributed by atoms with Crippen molar-refractivity contribution in [1.29, 1.82) is 0 Å². The van der Waals surface area contributed by atoms with Crippen LogP contribution < -0.4 is 24.8 Å². The Labute approximate surface area is 265 Å². The van der Waals surface area contributed by atoms with Gasteiger partial charge in [0.15, 0.2) is 0 Å². The Morgan fingerprint density at radius 2 is 1.31 bits per heavy atom. The monoisotopic (exact) mass is 728 g/mol. The molecule has 6 bridgehead atoms. The number of fused-ring (bicyclic) bond motifs is 4. The zero-order valence-corrected chi connectivity index (χ0v) is 26.8. The molecule has 2 aliphatic carbocycles. The molecule has 36 heavy (non-hydrogen) atoms. The van der Waals surface area contributed by atoms with Crippen LogP contribution >= 0.6 is 43.6 Å². The average molecular weight is 732 g/mol. The fourth-order valence-corrected chi connectivity index (χ4v) is 6.86. The summed E-state index contributed by atoms with van der Waals surface area (Å²) < 4.78 is 2.36. The van der Waals surface area contributed by atoms with E-state index in [2.05, 4.69) is 135 Å². The summed E-state index contributed by atoms with van der Waals surface area (Å²) in [6, 6.07) is 29.9. The van der Waals surface area contributed by atoms with E-state index in [-0.39, 0.29) is 56.9 Å². The Kier molecular flexibility index (Phi) is 10.5. The van der Waals surface area contributed by atoms with Gasteiger partial charge in [-0.2, -0.15) is 11.1 Å². The number of halogens is 4. The van der Waals surface area contributed by atoms with E-state index in [9.17, 15) is 0 Å². The van der Waals surface area contributed by atoms with Gasteiger partial charge in [0.2, 0.25) is 0 Å². The second-order valence-corrected chi connectivity index (χ2v) is 11.0. The standard InChI is InChI=1S/C15H8BrS.C15H10Br.2ClH.Zr/c16-13-6-7-14-12-5-4-11(15(12)13)9-2-1-3-10(8-9)17-14;16-14-8-4-7-12-9-10-13(15(12)14)11-5-2-1-3-6-11;;;/h1-3,5-8,11H;1-9,13H;2*1H;/q2*-1;;;+4/p-2. The molecule has 4 aromatic carbocycles. The van der Waals surface area contributed by atoms with Crippen LogP contribution in [0.5, 0.6) is 0 Å². The SMILES string of the molecule is Brc1ccc2c3c1C([C-]=C3)c1cccc(c1)S2.Brc1cccc2c1C(c1ccccc1)[C-]=C2.[Cl-].[Cl-].[Zr+4]. The van der Waals surface area contributed by atoms with Crippen LogP contribution in [0.25, 0.3) is 12.2 Å². The second-order valence-electron chi connectivity index (χ2n) is 8.19. The second kappa shape index (κ2) is 12.8. The normalized spacial score (nSPS) is 16.7. The summed E-state index contributed by atoms with van der Waals surface area (Å²) >= 11 is 9.13. The van der Waals surface area contributed by atoms with Crippen LogP contribution in [-0.4, -0.2) is 0 Å². The van der Waals surface area contributed by atoms with Crippen LogP contribution in [0.2, 0.25) is 0 Å². The number of hydrogen-bond donors (Lipinski definition) is 0. The van der Waals surface area contributed by atoms with Crippen LogP contribution in [0.1, 0.15) is 45.2 Å². The Morgan fingerprint density at radius 1 is 0.639 bits per heavy atom. The molecule has 0 fully saturated rings. The van der Waals surface area contributed by atoms with Crippen LogP contribution in [0.3, 0.4) is 0 Å². The fraction of sp³-hybridized carbons (Fsp3) is 0.0667. The van der Waals surface area contributed by atoms with Crippen LogP contribution in [0, 0.1) is 12.2 Å². The van der Waals surface area contributed by atoms with Gasteiger partial charge >= 0.3 is 26.2 Å². The minimum absolute atomic E-state index is 0. The molecule has 1 aliphatic heterocycles. The zero-order valence-electron chi connectivity index (χ0n) is 18.8. The molecular formula is C30H18Br2Cl2SZr. The van der Waals surface area contributed by atoms with Gasteiger partial charge in [0, 0.05) is 13.8 Å². The van der Waals surface area contributed by atoms with Gasteiger partial charge < -0.3 is 24.8 Å². The van der Waals surface area contributed by atoms with Gasteiger partial charge in [-0.05, 0) is 18.2 Å². The molecule has 1 heterocycles. The number of hydrogen-bond acceptors (Lipinski definition) is 1. The van der Waals surface area contributed by atoms with Crippen molar-refractivity contribution in [3.05, 3.63) is 139 Å². The van der Waals surface area contributed by atoms with E-state index in [1.54, 1.807) is 0 Å². The van der Waals surface area contributed by atoms with Gasteiger partial charge in [-0.15, -0.1) is 29.0 Å². The summed E-state index contributed by atoms with van der Waals surface area (Å²) in [6.07, 6.45) is 11.1. The van der Waals surface area contributed by atoms with Crippen molar-refractivity contribution < 1.29 is 51.0 Å². The van der Waals surface area contributed by atoms with Crippen LogP contribution in [0.15, 0.2) is 104 Å². The van der Waals surface area contributed by atoms with Crippen molar-refractivity contribution in [1.82, 2.24) is 0 Å². The quantitative estimate of drug-likeness (QED) is 0.271. The van der Waals surface area contributed by atoms with E-state index in [0.717, 1.165) is 0 Å². The van der Waals surface area contributed by atoms with Crippen LogP contribution in [-0.2, 0) is 26.2 Å². The summed E-state index contributed by atoms with van der Waals surface area (Å²) in [6.45, 7) is 0. The molecule has 2 atom stereocenters. The number of allylic oxidation sites excluding steroid dienone is 2. The Bertz CT molecular complexity index is 1440. The molecule has 0 amide bonds. The molecule has 176 valence electrons. The first-order valence-corrected chi connectivity index (χ1v) is 13.2. The van der Waals surface area contributed by atoms with Gasteiger partial charge in [-0.3, -0.25) is 12.2 Å². The minimum atomic E-state index is 0. The smallest absolute Gasteiger partial charge is 1.00 e. The molecule has 7 rings (SSSR count). The molecule has 0 N–H and O–H groups in total. The maximum atomic E-state index is 3.67. The Morgan fingerprint density at radius 3 is 2.11 bits per heavy atom. The number of rotatable bonds is 1. The minimum Gasteiger partial charge on any atom is -1.00 e. The summed E-state index contributed by atoms with van der Waals surface area (Å²) in [4.78, 5) is 2.65. The van der Waals surface area contributed by atoms with Crippen molar-refractivity contribution >= 4 is 55.8 Å². The maximum absolute atomic E-state index is 3.67. The molecule has 0 saturated carbocycles. The topological polar surface area (TPSA) is 0 Å². The molecule has 6 heteroatoms. The predicted molar refractivity (Wildman–Crippen MR) is 144 cm³/mol. The predicted octanol–water partition coefficient (Wildman–Crippen LogP) is 3.29. The van der Waals surface area contributed by atoms with E-state index < -0.39 is 0 Å². The third-order valence-electron chi connectivity index (χ3n) is 6.21. The summed E-state index contributed by atoms with van der Waals surface area (Å²) in [5.74, 6) is 0.562. The van der Waals surface area contributed by atoms with Gasteiger partial charge in [-0.1, -0.05) is 120 Å². The molecule has 0 aromatic heterocycles. The van der Waals surface area contributed by atoms with Crippen molar-refractivity contribution in [3.8, 4) is 0 Å². The van der Waals surface area contributed by atoms with Gasteiger partial charge in [0.1, 0.15) is 0 Å². The number of benzene rings is 4. The van der Waals surface area contributed by atoms with Gasteiger partial charge in [0.05, 0.1) is 0 Å². The van der Waals surface area contributed by atoms with Crippen molar-refractivity contribution in [2.24, 2.45) is 0 Å². The van der Waals surface area contributed by atoms with E-state index in [0.29, 0.717) is 5.92 Å². The first-order chi connectivity index (χ1) is 16.2. The summed E-state index contributed by atoms with van der Waals surface area (Å²) in [5.41, 5.74) is 7.93. The maximum Gasteiger partial charge on any atom is 4.00 e. The van der Waals surface area contributed by atoms with Gasteiger partial charge in [-0.25, -0.2) is 12.2 Å². The molecule has 0 saturated heterocycles. The van der Waals surface area contributed by atoms with Crippen LogP contribution in [0.4, 0.5) is 0 Å². The van der Waals surface area contributed by atoms with E-state index in [4.69, 9.17) is 0 Å². The zero-order chi connectivity index (χ0) is 22.4.